The van der Waals surface area contributed by atoms with Gasteiger partial charge in [0, 0.05) is 11.4 Å². The van der Waals surface area contributed by atoms with Gasteiger partial charge >= 0.3 is 0 Å². The van der Waals surface area contributed by atoms with Crippen molar-refractivity contribution in [2.75, 3.05) is 24.5 Å². The number of piperidine rings is 1. The van der Waals surface area contributed by atoms with Crippen LogP contribution in [0.5, 0.6) is 0 Å². The molecule has 0 saturated carbocycles. The predicted octanol–water partition coefficient (Wildman–Crippen LogP) is 4.49. The lowest BCUT2D eigenvalue weighted by atomic mass is 9.82. The molecule has 3 heteroatoms. The average molecular weight is 341 g/mol. The molecule has 24 heavy (non-hydrogen) atoms. The third kappa shape index (κ3) is 3.16. The molecule has 0 bridgehead atoms. The van der Waals surface area contributed by atoms with Crippen molar-refractivity contribution in [3.8, 4) is 0 Å². The van der Waals surface area contributed by atoms with Gasteiger partial charge in [0.1, 0.15) is 0 Å². The Kier molecular flexibility index (Phi) is 5.00. The van der Waals surface area contributed by atoms with Gasteiger partial charge in [0.2, 0.25) is 0 Å². The molecule has 1 aromatic carbocycles. The number of anilines is 1. The van der Waals surface area contributed by atoms with Crippen LogP contribution in [0.3, 0.4) is 0 Å². The normalized spacial score (nSPS) is 31.6. The molecule has 3 aliphatic rings. The lowest BCUT2D eigenvalue weighted by molar-refractivity contribution is 0.239. The Bertz CT molecular complexity index is 622. The predicted molar refractivity (Wildman–Crippen MR) is 105 cm³/mol. The molecule has 0 spiro atoms. The molecule has 1 fully saturated rings. The molecule has 2 nitrogen and oxygen atoms in total. The van der Waals surface area contributed by atoms with Crippen molar-refractivity contribution in [1.82, 2.24) is 5.32 Å². The number of nitrogens with zero attached hydrogens (tertiary/aromatic N) is 1. The Labute approximate surface area is 150 Å². The fourth-order valence-corrected chi connectivity index (χ4v) is 5.78. The molecule has 1 N–H and O–H groups in total. The summed E-state index contributed by atoms with van der Waals surface area (Å²) in [7, 11) is 0. The van der Waals surface area contributed by atoms with E-state index in [1.54, 1.807) is 0 Å². The van der Waals surface area contributed by atoms with Crippen molar-refractivity contribution in [1.29, 1.82) is 0 Å². The topological polar surface area (TPSA) is 15.3 Å². The van der Waals surface area contributed by atoms with E-state index in [1.165, 1.54) is 49.5 Å². The molecule has 0 aromatic heterocycles. The van der Waals surface area contributed by atoms with Crippen molar-refractivity contribution < 1.29 is 0 Å². The van der Waals surface area contributed by atoms with Crippen LogP contribution in [0.1, 0.15) is 26.2 Å². The summed E-state index contributed by atoms with van der Waals surface area (Å²) in [6.07, 6.45) is 13.2. The number of rotatable bonds is 4. The van der Waals surface area contributed by atoms with E-state index in [4.69, 9.17) is 0 Å². The van der Waals surface area contributed by atoms with Crippen molar-refractivity contribution in [2.24, 2.45) is 11.8 Å². The molecule has 1 saturated heterocycles. The number of thioether (sulfide) groups is 1. The molecular weight excluding hydrogens is 312 g/mol. The maximum absolute atomic E-state index is 3.64. The zero-order valence-electron chi connectivity index (χ0n) is 14.5. The minimum Gasteiger partial charge on any atom is -0.362 e. The molecule has 0 amide bonds. The van der Waals surface area contributed by atoms with Crippen molar-refractivity contribution in [2.45, 2.75) is 42.4 Å². The number of hydrogen-bond donors (Lipinski definition) is 1. The second-order valence-corrected chi connectivity index (χ2v) is 8.48. The van der Waals surface area contributed by atoms with Gasteiger partial charge in [-0.15, -0.1) is 11.8 Å². The fraction of sp³-hybridized carbons (Fsp3) is 0.524. The molecule has 1 aliphatic carbocycles. The maximum Gasteiger partial charge on any atom is 0.0634 e. The second kappa shape index (κ2) is 7.37. The lowest BCUT2D eigenvalue weighted by Crippen LogP contribution is -2.50. The van der Waals surface area contributed by atoms with Gasteiger partial charge < -0.3 is 10.2 Å². The van der Waals surface area contributed by atoms with Gasteiger partial charge in [0.15, 0.2) is 0 Å². The summed E-state index contributed by atoms with van der Waals surface area (Å²) in [6.45, 7) is 5.88. The van der Waals surface area contributed by atoms with Crippen LogP contribution in [-0.4, -0.2) is 30.9 Å². The standard InChI is InChI=1S/C21H28N2S/c1-2-7-16-12-13-22-14-17(16)15-23-18-8-3-5-10-20(18)24-21-11-6-4-9-19(21)23/h3-6,8-11,16-18,20,22H,2,7,12-15H2,1H3/t16?,17-,18?,20?/m0/s1. The molecule has 128 valence electrons. The van der Waals surface area contributed by atoms with Crippen molar-refractivity contribution in [3.63, 3.8) is 0 Å². The highest BCUT2D eigenvalue weighted by Gasteiger charge is 2.35. The first-order valence-corrected chi connectivity index (χ1v) is 10.3. The fourth-order valence-electron chi connectivity index (χ4n) is 4.48. The van der Waals surface area contributed by atoms with Gasteiger partial charge in [0.25, 0.3) is 0 Å². The van der Waals surface area contributed by atoms with Crippen molar-refractivity contribution in [3.05, 3.63) is 48.6 Å². The van der Waals surface area contributed by atoms with Crippen LogP contribution in [-0.2, 0) is 0 Å². The first-order valence-electron chi connectivity index (χ1n) is 9.45. The van der Waals surface area contributed by atoms with Crippen LogP contribution >= 0.6 is 11.8 Å². The summed E-state index contributed by atoms with van der Waals surface area (Å²) in [6, 6.07) is 9.47. The van der Waals surface area contributed by atoms with Crippen LogP contribution in [0, 0.1) is 11.8 Å². The summed E-state index contributed by atoms with van der Waals surface area (Å²) >= 11 is 2.02. The van der Waals surface area contributed by atoms with Gasteiger partial charge in [-0.1, -0.05) is 56.2 Å². The third-order valence-corrected chi connectivity index (χ3v) is 7.02. The highest BCUT2D eigenvalue weighted by atomic mass is 32.2. The molecule has 2 aliphatic heterocycles. The van der Waals surface area contributed by atoms with E-state index < -0.39 is 0 Å². The third-order valence-electron chi connectivity index (χ3n) is 5.71. The molecule has 0 radical (unpaired) electrons. The number of benzene rings is 1. The van der Waals surface area contributed by atoms with E-state index in [0.717, 1.165) is 11.8 Å². The Morgan fingerprint density at radius 2 is 2.04 bits per heavy atom. The van der Waals surface area contributed by atoms with Crippen LogP contribution in [0.15, 0.2) is 53.5 Å². The Morgan fingerprint density at radius 1 is 1.17 bits per heavy atom. The Balaban J connectivity index is 1.61. The smallest absolute Gasteiger partial charge is 0.0634 e. The quantitative estimate of drug-likeness (QED) is 0.869. The van der Waals surface area contributed by atoms with E-state index in [9.17, 15) is 0 Å². The summed E-state index contributed by atoms with van der Waals surface area (Å²) in [5, 5.41) is 4.19. The van der Waals surface area contributed by atoms with E-state index in [1.807, 2.05) is 11.8 Å². The molecule has 2 heterocycles. The molecule has 1 aromatic rings. The van der Waals surface area contributed by atoms with E-state index >= 15 is 0 Å². The first-order chi connectivity index (χ1) is 11.9. The van der Waals surface area contributed by atoms with Gasteiger partial charge in [-0.05, 0) is 43.5 Å². The number of fused-ring (bicyclic) bond motifs is 2. The van der Waals surface area contributed by atoms with Gasteiger partial charge in [-0.25, -0.2) is 0 Å². The van der Waals surface area contributed by atoms with E-state index in [2.05, 4.69) is 65.7 Å². The Hall–Kier alpha value is -1.19. The lowest BCUT2D eigenvalue weighted by Gasteiger charge is -2.45. The SMILES string of the molecule is CCCC1CCNC[C@H]1CN1c2ccccc2SC2C=CC=CC21. The zero-order valence-corrected chi connectivity index (χ0v) is 15.3. The van der Waals surface area contributed by atoms with Crippen LogP contribution < -0.4 is 10.2 Å². The average Bonchev–Trinajstić information content (AvgIpc) is 2.63. The minimum atomic E-state index is 0.499. The van der Waals surface area contributed by atoms with Crippen LogP contribution in [0.4, 0.5) is 5.69 Å². The molecular formula is C21H28N2S. The summed E-state index contributed by atoms with van der Waals surface area (Å²) in [5.74, 6) is 1.63. The van der Waals surface area contributed by atoms with Gasteiger partial charge in [-0.3, -0.25) is 0 Å². The highest BCUT2D eigenvalue weighted by molar-refractivity contribution is 8.00. The molecule has 4 atom stereocenters. The summed E-state index contributed by atoms with van der Waals surface area (Å²) < 4.78 is 0. The maximum atomic E-state index is 3.64. The number of para-hydroxylation sites is 1. The molecule has 3 unspecified atom stereocenters. The number of nitrogens with one attached hydrogen (secondary N) is 1. The van der Waals surface area contributed by atoms with Crippen LogP contribution in [0.25, 0.3) is 0 Å². The minimum absolute atomic E-state index is 0.499. The van der Waals surface area contributed by atoms with Crippen molar-refractivity contribution >= 4 is 17.4 Å². The van der Waals surface area contributed by atoms with Gasteiger partial charge in [0.05, 0.1) is 17.0 Å². The highest BCUT2D eigenvalue weighted by Crippen LogP contribution is 2.44. The van der Waals surface area contributed by atoms with Crippen LogP contribution in [0.2, 0.25) is 0 Å². The number of hydrogen-bond acceptors (Lipinski definition) is 3. The largest absolute Gasteiger partial charge is 0.362 e. The summed E-state index contributed by atoms with van der Waals surface area (Å²) in [5.41, 5.74) is 1.43. The first kappa shape index (κ1) is 16.3. The second-order valence-electron chi connectivity index (χ2n) is 7.26. The molecule has 4 rings (SSSR count). The van der Waals surface area contributed by atoms with E-state index in [-0.39, 0.29) is 0 Å². The van der Waals surface area contributed by atoms with E-state index in [0.29, 0.717) is 11.3 Å². The zero-order chi connectivity index (χ0) is 16.4. The Morgan fingerprint density at radius 3 is 2.96 bits per heavy atom. The monoisotopic (exact) mass is 340 g/mol. The summed E-state index contributed by atoms with van der Waals surface area (Å²) in [4.78, 5) is 4.13. The number of allylic oxidation sites excluding steroid dienone is 2. The van der Waals surface area contributed by atoms with Gasteiger partial charge in [-0.2, -0.15) is 0 Å².